The summed E-state index contributed by atoms with van der Waals surface area (Å²) in [5, 5.41) is 7.46. The molecule has 0 fully saturated rings. The molecule has 1 aromatic heterocycles. The van der Waals surface area contributed by atoms with E-state index in [2.05, 4.69) is 9.97 Å². The van der Waals surface area contributed by atoms with E-state index in [-0.39, 0.29) is 5.84 Å². The summed E-state index contributed by atoms with van der Waals surface area (Å²) in [6.45, 7) is 1.80. The lowest BCUT2D eigenvalue weighted by Crippen LogP contribution is -2.10. The third kappa shape index (κ3) is 3.39. The Morgan fingerprint density at radius 3 is 2.44 bits per heavy atom. The Kier molecular flexibility index (Phi) is 4.94. The zero-order valence-electron chi connectivity index (χ0n) is 15.3. The molecule has 0 saturated heterocycles. The van der Waals surface area contributed by atoms with Gasteiger partial charge >= 0.3 is 5.97 Å². The number of ether oxygens (including phenoxy) is 2. The molecule has 0 unspecified atom stereocenters. The average molecular weight is 364 g/mol. The van der Waals surface area contributed by atoms with E-state index in [0.29, 0.717) is 28.3 Å². The highest BCUT2D eigenvalue weighted by molar-refractivity contribution is 5.95. The molecule has 0 aliphatic heterocycles. The maximum atomic E-state index is 11.9. The number of carbonyl (C=O) groups is 1. The van der Waals surface area contributed by atoms with Crippen LogP contribution >= 0.6 is 0 Å². The number of hydrogen-bond donors (Lipinski definition) is 3. The second kappa shape index (κ2) is 7.33. The monoisotopic (exact) mass is 364 g/mol. The Labute approximate surface area is 156 Å². The van der Waals surface area contributed by atoms with Gasteiger partial charge in [0.2, 0.25) is 0 Å². The lowest BCUT2D eigenvalue weighted by Gasteiger charge is -2.13. The van der Waals surface area contributed by atoms with Crippen LogP contribution in [0, 0.1) is 12.3 Å². The molecule has 7 heteroatoms. The molecule has 0 radical (unpaired) electrons. The predicted octanol–water partition coefficient (Wildman–Crippen LogP) is 3.13. The van der Waals surface area contributed by atoms with Gasteiger partial charge in [-0.15, -0.1) is 0 Å². The summed E-state index contributed by atoms with van der Waals surface area (Å²) in [5.41, 5.74) is 9.76. The van der Waals surface area contributed by atoms with Gasteiger partial charge in [0.15, 0.2) is 0 Å². The second-order valence-electron chi connectivity index (χ2n) is 5.95. The lowest BCUT2D eigenvalue weighted by atomic mass is 10.0. The molecule has 3 aromatic rings. The molecule has 0 saturated carbocycles. The van der Waals surface area contributed by atoms with Crippen molar-refractivity contribution in [3.8, 4) is 28.4 Å². The maximum absolute atomic E-state index is 11.9. The van der Waals surface area contributed by atoms with Crippen molar-refractivity contribution >= 4 is 11.8 Å². The van der Waals surface area contributed by atoms with Gasteiger partial charge in [-0.05, 0) is 24.6 Å². The molecule has 4 N–H and O–H groups in total. The molecule has 27 heavy (non-hydrogen) atoms. The zero-order valence-corrected chi connectivity index (χ0v) is 15.3. The summed E-state index contributed by atoms with van der Waals surface area (Å²) in [5.74, 6) is 0.795. The number of nitrogens with one attached hydrogen (secondary N) is 2. The summed E-state index contributed by atoms with van der Waals surface area (Å²) in [7, 11) is 2.90. The number of imidazole rings is 1. The van der Waals surface area contributed by atoms with Crippen LogP contribution < -0.4 is 10.5 Å². The minimum Gasteiger partial charge on any atom is -0.496 e. The fraction of sp³-hybridized carbons (Fsp3) is 0.150. The van der Waals surface area contributed by atoms with Crippen LogP contribution in [0.4, 0.5) is 0 Å². The van der Waals surface area contributed by atoms with E-state index in [9.17, 15) is 4.79 Å². The molecule has 0 aliphatic carbocycles. The van der Waals surface area contributed by atoms with Gasteiger partial charge in [-0.1, -0.05) is 24.3 Å². The zero-order chi connectivity index (χ0) is 19.6. The van der Waals surface area contributed by atoms with Crippen molar-refractivity contribution < 1.29 is 14.3 Å². The molecule has 0 bridgehead atoms. The predicted molar refractivity (Wildman–Crippen MR) is 103 cm³/mol. The SMILES string of the molecule is COC(=O)c1ccc(-c2ncc(-c3ccc(C(=N)N)cc3)[nH]2)c(OC)c1C. The van der Waals surface area contributed by atoms with Crippen molar-refractivity contribution in [2.75, 3.05) is 14.2 Å². The van der Waals surface area contributed by atoms with Gasteiger partial charge in [0, 0.05) is 11.1 Å². The van der Waals surface area contributed by atoms with Gasteiger partial charge in [-0.3, -0.25) is 5.41 Å². The van der Waals surface area contributed by atoms with Crippen molar-refractivity contribution in [3.63, 3.8) is 0 Å². The third-order valence-corrected chi connectivity index (χ3v) is 4.35. The second-order valence-corrected chi connectivity index (χ2v) is 5.95. The maximum Gasteiger partial charge on any atom is 0.338 e. The fourth-order valence-electron chi connectivity index (χ4n) is 2.91. The summed E-state index contributed by atoms with van der Waals surface area (Å²) < 4.78 is 10.3. The number of amidine groups is 1. The molecule has 1 heterocycles. The van der Waals surface area contributed by atoms with Crippen LogP contribution in [0.2, 0.25) is 0 Å². The number of aromatic amines is 1. The van der Waals surface area contributed by atoms with Crippen molar-refractivity contribution in [2.45, 2.75) is 6.92 Å². The summed E-state index contributed by atoms with van der Waals surface area (Å²) in [4.78, 5) is 19.6. The van der Waals surface area contributed by atoms with Crippen LogP contribution in [0.15, 0.2) is 42.6 Å². The molecular formula is C20H20N4O3. The Hall–Kier alpha value is -3.61. The molecule has 0 atom stereocenters. The van der Waals surface area contributed by atoms with Gasteiger partial charge in [0.05, 0.1) is 37.2 Å². The smallest absolute Gasteiger partial charge is 0.338 e. The standard InChI is InChI=1S/C20H20N4O3/c1-11-14(20(25)27-3)8-9-15(17(11)26-2)19-23-10-16(24-19)12-4-6-13(7-5-12)18(21)22/h4-10H,1-3H3,(H3,21,22)(H,23,24). The first-order chi connectivity index (χ1) is 13.0. The number of methoxy groups -OCH3 is 2. The highest BCUT2D eigenvalue weighted by atomic mass is 16.5. The molecule has 138 valence electrons. The van der Waals surface area contributed by atoms with Crippen LogP contribution in [0.3, 0.4) is 0 Å². The number of esters is 1. The number of nitrogen functional groups attached to an aromatic ring is 1. The average Bonchev–Trinajstić information content (AvgIpc) is 3.17. The summed E-state index contributed by atoms with van der Waals surface area (Å²) in [6, 6.07) is 10.8. The molecule has 2 aromatic carbocycles. The van der Waals surface area contributed by atoms with Gasteiger partial charge in [0.1, 0.15) is 17.4 Å². The Morgan fingerprint density at radius 1 is 1.15 bits per heavy atom. The Morgan fingerprint density at radius 2 is 1.85 bits per heavy atom. The van der Waals surface area contributed by atoms with Gasteiger partial charge < -0.3 is 20.2 Å². The Balaban J connectivity index is 2.00. The van der Waals surface area contributed by atoms with Crippen molar-refractivity contribution in [1.29, 1.82) is 5.41 Å². The van der Waals surface area contributed by atoms with E-state index in [1.54, 1.807) is 44.5 Å². The molecule has 0 spiro atoms. The van der Waals surface area contributed by atoms with Gasteiger partial charge in [-0.2, -0.15) is 0 Å². The van der Waals surface area contributed by atoms with Crippen LogP contribution in [0.5, 0.6) is 5.75 Å². The lowest BCUT2D eigenvalue weighted by molar-refractivity contribution is 0.0599. The summed E-state index contributed by atoms with van der Waals surface area (Å²) in [6.07, 6.45) is 1.72. The molecule has 0 aliphatic rings. The largest absolute Gasteiger partial charge is 0.496 e. The topological polar surface area (TPSA) is 114 Å². The van der Waals surface area contributed by atoms with Crippen molar-refractivity contribution in [1.82, 2.24) is 9.97 Å². The number of nitrogens with zero attached hydrogens (tertiary/aromatic N) is 1. The van der Waals surface area contributed by atoms with Crippen LogP contribution in [0.1, 0.15) is 21.5 Å². The van der Waals surface area contributed by atoms with Gasteiger partial charge in [-0.25, -0.2) is 9.78 Å². The van der Waals surface area contributed by atoms with Gasteiger partial charge in [0.25, 0.3) is 0 Å². The first-order valence-electron chi connectivity index (χ1n) is 8.22. The highest BCUT2D eigenvalue weighted by Crippen LogP contribution is 2.34. The number of nitrogens with two attached hydrogens (primary N) is 1. The number of H-pyrrole nitrogens is 1. The van der Waals surface area contributed by atoms with E-state index in [4.69, 9.17) is 20.6 Å². The van der Waals surface area contributed by atoms with E-state index in [0.717, 1.165) is 16.8 Å². The van der Waals surface area contributed by atoms with E-state index >= 15 is 0 Å². The number of hydrogen-bond acceptors (Lipinski definition) is 5. The van der Waals surface area contributed by atoms with E-state index in [1.807, 2.05) is 12.1 Å². The minimum absolute atomic E-state index is 0.0257. The number of benzene rings is 2. The van der Waals surface area contributed by atoms with Crippen LogP contribution in [-0.4, -0.2) is 36.0 Å². The van der Waals surface area contributed by atoms with E-state index in [1.165, 1.54) is 7.11 Å². The number of rotatable bonds is 5. The van der Waals surface area contributed by atoms with Crippen molar-refractivity contribution in [3.05, 3.63) is 59.3 Å². The summed E-state index contributed by atoms with van der Waals surface area (Å²) >= 11 is 0. The normalized spacial score (nSPS) is 10.5. The molecule has 3 rings (SSSR count). The highest BCUT2D eigenvalue weighted by Gasteiger charge is 2.19. The number of carbonyl (C=O) groups excluding carboxylic acids is 1. The van der Waals surface area contributed by atoms with Crippen molar-refractivity contribution in [2.24, 2.45) is 5.73 Å². The quantitative estimate of drug-likeness (QED) is 0.366. The minimum atomic E-state index is -0.414. The number of aromatic nitrogens is 2. The molecular weight excluding hydrogens is 344 g/mol. The fourth-order valence-corrected chi connectivity index (χ4v) is 2.91. The molecule has 7 nitrogen and oxygen atoms in total. The first kappa shape index (κ1) is 18.2. The van der Waals surface area contributed by atoms with Crippen LogP contribution in [-0.2, 0) is 4.74 Å². The third-order valence-electron chi connectivity index (χ3n) is 4.35. The van der Waals surface area contributed by atoms with E-state index < -0.39 is 5.97 Å². The molecule has 0 amide bonds. The first-order valence-corrected chi connectivity index (χ1v) is 8.22. The Bertz CT molecular complexity index is 1010. The van der Waals surface area contributed by atoms with Crippen LogP contribution in [0.25, 0.3) is 22.6 Å².